The van der Waals surface area contributed by atoms with Crippen molar-refractivity contribution >= 4 is 5.91 Å². The number of likely N-dealkylation sites (tertiary alicyclic amines) is 2. The van der Waals surface area contributed by atoms with Gasteiger partial charge in [0.1, 0.15) is 0 Å². The van der Waals surface area contributed by atoms with Crippen LogP contribution in [0.4, 0.5) is 0 Å². The van der Waals surface area contributed by atoms with E-state index in [1.165, 1.54) is 6.42 Å². The van der Waals surface area contributed by atoms with Gasteiger partial charge in [-0.05, 0) is 50.1 Å². The van der Waals surface area contributed by atoms with E-state index in [2.05, 4.69) is 23.6 Å². The van der Waals surface area contributed by atoms with Crippen molar-refractivity contribution in [2.75, 3.05) is 39.3 Å². The van der Waals surface area contributed by atoms with E-state index in [1.54, 1.807) is 0 Å². The first kappa shape index (κ1) is 14.8. The highest BCUT2D eigenvalue weighted by Crippen LogP contribution is 2.22. The van der Waals surface area contributed by atoms with Crippen LogP contribution in [0.3, 0.4) is 0 Å². The molecule has 4 heteroatoms. The summed E-state index contributed by atoms with van der Waals surface area (Å²) < 4.78 is 0. The van der Waals surface area contributed by atoms with Crippen molar-refractivity contribution in [3.8, 4) is 0 Å². The smallest absolute Gasteiger partial charge is 0.236 e. The van der Waals surface area contributed by atoms with E-state index < -0.39 is 0 Å². The monoisotopic (exact) mass is 267 g/mol. The number of amides is 1. The molecule has 110 valence electrons. The number of hydrogen-bond acceptors (Lipinski definition) is 3. The summed E-state index contributed by atoms with van der Waals surface area (Å²) in [5.74, 6) is 2.36. The van der Waals surface area contributed by atoms with Gasteiger partial charge in [-0.3, -0.25) is 9.69 Å². The fourth-order valence-electron chi connectivity index (χ4n) is 3.22. The van der Waals surface area contributed by atoms with E-state index in [0.29, 0.717) is 24.3 Å². The Morgan fingerprint density at radius 2 is 1.84 bits per heavy atom. The van der Waals surface area contributed by atoms with Crippen LogP contribution in [0.1, 0.15) is 33.1 Å². The Bertz CT molecular complexity index is 300. The molecule has 2 rings (SSSR count). The van der Waals surface area contributed by atoms with E-state index in [9.17, 15) is 4.79 Å². The maximum absolute atomic E-state index is 12.3. The SMILES string of the molecule is CC1CCN(C(=O)CN2CCC(C)C(CN)C2)CC1. The normalized spacial score (nSPS) is 30.6. The fraction of sp³-hybridized carbons (Fsp3) is 0.933. The van der Waals surface area contributed by atoms with E-state index in [0.717, 1.165) is 51.5 Å². The molecule has 2 aliphatic heterocycles. The lowest BCUT2D eigenvalue weighted by Crippen LogP contribution is -2.48. The summed E-state index contributed by atoms with van der Waals surface area (Å²) >= 11 is 0. The maximum Gasteiger partial charge on any atom is 0.236 e. The van der Waals surface area contributed by atoms with Crippen LogP contribution in [0, 0.1) is 17.8 Å². The van der Waals surface area contributed by atoms with Crippen molar-refractivity contribution in [2.24, 2.45) is 23.5 Å². The third-order valence-electron chi connectivity index (χ3n) is 5.00. The molecule has 2 heterocycles. The average molecular weight is 267 g/mol. The summed E-state index contributed by atoms with van der Waals surface area (Å²) in [5, 5.41) is 0. The molecule has 2 fully saturated rings. The van der Waals surface area contributed by atoms with Crippen LogP contribution in [-0.2, 0) is 4.79 Å². The number of hydrogen-bond donors (Lipinski definition) is 1. The molecule has 1 amide bonds. The Kier molecular flexibility index (Phi) is 5.22. The van der Waals surface area contributed by atoms with Gasteiger partial charge < -0.3 is 10.6 Å². The van der Waals surface area contributed by atoms with Gasteiger partial charge >= 0.3 is 0 Å². The molecule has 0 radical (unpaired) electrons. The molecule has 2 N–H and O–H groups in total. The van der Waals surface area contributed by atoms with Gasteiger partial charge in [-0.1, -0.05) is 13.8 Å². The molecule has 0 aromatic rings. The summed E-state index contributed by atoms with van der Waals surface area (Å²) in [5.41, 5.74) is 5.82. The minimum absolute atomic E-state index is 0.317. The van der Waals surface area contributed by atoms with Crippen molar-refractivity contribution in [1.29, 1.82) is 0 Å². The second kappa shape index (κ2) is 6.71. The minimum Gasteiger partial charge on any atom is -0.342 e. The molecular formula is C15H29N3O. The van der Waals surface area contributed by atoms with Crippen LogP contribution in [0.5, 0.6) is 0 Å². The highest BCUT2D eigenvalue weighted by atomic mass is 16.2. The quantitative estimate of drug-likeness (QED) is 0.835. The molecule has 0 bridgehead atoms. The summed E-state index contributed by atoms with van der Waals surface area (Å²) in [6.07, 6.45) is 3.49. The minimum atomic E-state index is 0.317. The fourth-order valence-corrected chi connectivity index (χ4v) is 3.22. The molecular weight excluding hydrogens is 238 g/mol. The Morgan fingerprint density at radius 1 is 1.16 bits per heavy atom. The zero-order valence-electron chi connectivity index (χ0n) is 12.5. The van der Waals surface area contributed by atoms with Gasteiger partial charge in [-0.25, -0.2) is 0 Å². The maximum atomic E-state index is 12.3. The van der Waals surface area contributed by atoms with Crippen molar-refractivity contribution in [3.05, 3.63) is 0 Å². The first-order chi connectivity index (χ1) is 9.10. The highest BCUT2D eigenvalue weighted by molar-refractivity contribution is 5.78. The van der Waals surface area contributed by atoms with E-state index in [4.69, 9.17) is 5.73 Å². The van der Waals surface area contributed by atoms with E-state index in [1.807, 2.05) is 0 Å². The molecule has 2 aliphatic rings. The number of carbonyl (C=O) groups excluding carboxylic acids is 1. The van der Waals surface area contributed by atoms with Crippen LogP contribution in [0.25, 0.3) is 0 Å². The number of piperidine rings is 2. The molecule has 0 aliphatic carbocycles. The lowest BCUT2D eigenvalue weighted by molar-refractivity contribution is -0.134. The van der Waals surface area contributed by atoms with Crippen molar-refractivity contribution in [3.63, 3.8) is 0 Å². The standard InChI is InChI=1S/C15H29N3O/c1-12-3-7-18(8-4-12)15(19)11-17-6-5-13(2)14(9-16)10-17/h12-14H,3-11,16H2,1-2H3. The molecule has 0 saturated carbocycles. The first-order valence-corrected chi connectivity index (χ1v) is 7.80. The third-order valence-corrected chi connectivity index (χ3v) is 5.00. The van der Waals surface area contributed by atoms with Gasteiger partial charge in [-0.15, -0.1) is 0 Å². The Hall–Kier alpha value is -0.610. The molecule has 0 aromatic heterocycles. The molecule has 2 saturated heterocycles. The number of nitrogens with zero attached hydrogens (tertiary/aromatic N) is 2. The number of carbonyl (C=O) groups is 1. The van der Waals surface area contributed by atoms with Crippen LogP contribution in [0.2, 0.25) is 0 Å². The van der Waals surface area contributed by atoms with Gasteiger partial charge in [0, 0.05) is 19.6 Å². The number of rotatable bonds is 3. The molecule has 0 aromatic carbocycles. The third kappa shape index (κ3) is 3.93. The lowest BCUT2D eigenvalue weighted by Gasteiger charge is -2.38. The molecule has 4 nitrogen and oxygen atoms in total. The lowest BCUT2D eigenvalue weighted by atomic mass is 9.87. The van der Waals surface area contributed by atoms with Crippen LogP contribution < -0.4 is 5.73 Å². The van der Waals surface area contributed by atoms with Gasteiger partial charge in [0.2, 0.25) is 5.91 Å². The largest absolute Gasteiger partial charge is 0.342 e. The summed E-state index contributed by atoms with van der Waals surface area (Å²) in [7, 11) is 0. The summed E-state index contributed by atoms with van der Waals surface area (Å²) in [4.78, 5) is 16.7. The first-order valence-electron chi connectivity index (χ1n) is 7.80. The highest BCUT2D eigenvalue weighted by Gasteiger charge is 2.28. The summed E-state index contributed by atoms with van der Waals surface area (Å²) in [6.45, 7) is 9.84. The molecule has 2 atom stereocenters. The van der Waals surface area contributed by atoms with Crippen molar-refractivity contribution < 1.29 is 4.79 Å². The second-order valence-corrected chi connectivity index (χ2v) is 6.56. The molecule has 2 unspecified atom stereocenters. The van der Waals surface area contributed by atoms with Crippen LogP contribution in [0.15, 0.2) is 0 Å². The Labute approximate surface area is 117 Å². The van der Waals surface area contributed by atoms with E-state index >= 15 is 0 Å². The van der Waals surface area contributed by atoms with Gasteiger partial charge in [0.25, 0.3) is 0 Å². The Morgan fingerprint density at radius 3 is 2.47 bits per heavy atom. The molecule has 0 spiro atoms. The average Bonchev–Trinajstić information content (AvgIpc) is 2.41. The van der Waals surface area contributed by atoms with Crippen molar-refractivity contribution in [2.45, 2.75) is 33.1 Å². The van der Waals surface area contributed by atoms with Crippen LogP contribution in [-0.4, -0.2) is 55.0 Å². The van der Waals surface area contributed by atoms with Gasteiger partial charge in [-0.2, -0.15) is 0 Å². The zero-order chi connectivity index (χ0) is 13.8. The van der Waals surface area contributed by atoms with Gasteiger partial charge in [0.15, 0.2) is 0 Å². The predicted octanol–water partition coefficient (Wildman–Crippen LogP) is 1.16. The summed E-state index contributed by atoms with van der Waals surface area (Å²) in [6, 6.07) is 0. The predicted molar refractivity (Wildman–Crippen MR) is 77.7 cm³/mol. The Balaban J connectivity index is 1.79. The van der Waals surface area contributed by atoms with Crippen LogP contribution >= 0.6 is 0 Å². The van der Waals surface area contributed by atoms with Crippen molar-refractivity contribution in [1.82, 2.24) is 9.80 Å². The topological polar surface area (TPSA) is 49.6 Å². The number of nitrogens with two attached hydrogens (primary N) is 1. The second-order valence-electron chi connectivity index (χ2n) is 6.56. The van der Waals surface area contributed by atoms with E-state index in [-0.39, 0.29) is 0 Å². The molecule has 19 heavy (non-hydrogen) atoms. The zero-order valence-corrected chi connectivity index (χ0v) is 12.5. The van der Waals surface area contributed by atoms with Gasteiger partial charge in [0.05, 0.1) is 6.54 Å².